The highest BCUT2D eigenvalue weighted by Crippen LogP contribution is 2.30. The first-order chi connectivity index (χ1) is 11.7. The molecule has 1 aliphatic rings. The predicted molar refractivity (Wildman–Crippen MR) is 96.9 cm³/mol. The number of amides is 1. The van der Waals surface area contributed by atoms with Crippen LogP contribution in [0.1, 0.15) is 23.3 Å². The fourth-order valence-electron chi connectivity index (χ4n) is 2.92. The third kappa shape index (κ3) is 2.80. The Morgan fingerprint density at radius 3 is 2.67 bits per heavy atom. The summed E-state index contributed by atoms with van der Waals surface area (Å²) in [4.78, 5) is 22.1. The summed E-state index contributed by atoms with van der Waals surface area (Å²) in [6, 6.07) is 9.58. The van der Waals surface area contributed by atoms with E-state index in [4.69, 9.17) is 5.73 Å². The number of nitrogens with zero attached hydrogens (tertiary/aromatic N) is 2. The second-order valence-electron chi connectivity index (χ2n) is 5.96. The third-order valence-electron chi connectivity index (χ3n) is 4.26. The Labute approximate surface area is 144 Å². The highest BCUT2D eigenvalue weighted by molar-refractivity contribution is 7.13. The van der Waals surface area contributed by atoms with Crippen molar-refractivity contribution in [3.63, 3.8) is 0 Å². The molecule has 1 saturated heterocycles. The van der Waals surface area contributed by atoms with Gasteiger partial charge in [0.1, 0.15) is 10.7 Å². The maximum Gasteiger partial charge on any atom is 0.270 e. The highest BCUT2D eigenvalue weighted by atomic mass is 32.1. The number of rotatable bonds is 3. The van der Waals surface area contributed by atoms with Crippen LogP contribution in [0.3, 0.4) is 0 Å². The van der Waals surface area contributed by atoms with Gasteiger partial charge in [0, 0.05) is 41.5 Å². The zero-order chi connectivity index (χ0) is 16.5. The lowest BCUT2D eigenvalue weighted by molar-refractivity contribution is 0.0788. The molecule has 0 spiro atoms. The van der Waals surface area contributed by atoms with Gasteiger partial charge in [0.2, 0.25) is 0 Å². The summed E-state index contributed by atoms with van der Waals surface area (Å²) in [5, 5.41) is 2.96. The number of nitrogen functional groups attached to an aromatic ring is 1. The summed E-state index contributed by atoms with van der Waals surface area (Å²) in [6.07, 6.45) is 4.04. The molecule has 3 aromatic rings. The van der Waals surface area contributed by atoms with Crippen molar-refractivity contribution in [3.05, 3.63) is 47.6 Å². The number of H-pyrrole nitrogens is 1. The zero-order valence-electron chi connectivity index (χ0n) is 13.2. The van der Waals surface area contributed by atoms with Crippen LogP contribution in [-0.2, 0) is 0 Å². The first-order valence-electron chi connectivity index (χ1n) is 8.00. The minimum absolute atomic E-state index is 0.0766. The second kappa shape index (κ2) is 6.13. The zero-order valence-corrected chi connectivity index (χ0v) is 14.0. The van der Waals surface area contributed by atoms with E-state index in [1.54, 1.807) is 11.3 Å². The van der Waals surface area contributed by atoms with Crippen LogP contribution >= 0.6 is 11.3 Å². The van der Waals surface area contributed by atoms with Gasteiger partial charge in [-0.2, -0.15) is 0 Å². The van der Waals surface area contributed by atoms with Crippen LogP contribution in [0.2, 0.25) is 0 Å². The molecule has 0 unspecified atom stereocenters. The molecule has 0 atom stereocenters. The Kier molecular flexibility index (Phi) is 3.82. The van der Waals surface area contributed by atoms with E-state index < -0.39 is 0 Å². The fourth-order valence-corrected chi connectivity index (χ4v) is 3.76. The molecular formula is C18H18N4OS. The van der Waals surface area contributed by atoms with Gasteiger partial charge in [-0.05, 0) is 43.2 Å². The molecule has 122 valence electrons. The first-order valence-corrected chi connectivity index (χ1v) is 8.88. The van der Waals surface area contributed by atoms with Crippen LogP contribution < -0.4 is 5.73 Å². The molecule has 24 heavy (non-hydrogen) atoms. The lowest BCUT2D eigenvalue weighted by Crippen LogP contribution is -2.27. The third-order valence-corrected chi connectivity index (χ3v) is 5.16. The van der Waals surface area contributed by atoms with Gasteiger partial charge in [-0.1, -0.05) is 0 Å². The van der Waals surface area contributed by atoms with Crippen molar-refractivity contribution in [2.24, 2.45) is 0 Å². The van der Waals surface area contributed by atoms with E-state index in [1.165, 1.54) is 0 Å². The number of carbonyl (C=O) groups excluding carboxylic acids is 1. The maximum absolute atomic E-state index is 12.4. The average Bonchev–Trinajstić information content (AvgIpc) is 3.34. The van der Waals surface area contributed by atoms with Crippen molar-refractivity contribution >= 4 is 22.9 Å². The highest BCUT2D eigenvalue weighted by Gasteiger charge is 2.21. The van der Waals surface area contributed by atoms with Crippen LogP contribution in [0.4, 0.5) is 5.69 Å². The second-order valence-corrected chi connectivity index (χ2v) is 6.82. The number of nitrogens with one attached hydrogen (secondary N) is 1. The molecule has 1 aromatic carbocycles. The van der Waals surface area contributed by atoms with Crippen molar-refractivity contribution in [1.82, 2.24) is 14.9 Å². The van der Waals surface area contributed by atoms with Gasteiger partial charge in [-0.3, -0.25) is 4.79 Å². The molecule has 6 heteroatoms. The number of hydrogen-bond acceptors (Lipinski definition) is 4. The molecule has 2 aromatic heterocycles. The summed E-state index contributed by atoms with van der Waals surface area (Å²) in [5.41, 5.74) is 9.97. The van der Waals surface area contributed by atoms with Crippen molar-refractivity contribution in [2.45, 2.75) is 12.8 Å². The summed E-state index contributed by atoms with van der Waals surface area (Å²) < 4.78 is 0. The van der Waals surface area contributed by atoms with E-state index in [-0.39, 0.29) is 5.91 Å². The Balaban J connectivity index is 1.56. The fraction of sp³-hybridized carbons (Fsp3) is 0.222. The van der Waals surface area contributed by atoms with Gasteiger partial charge in [0.05, 0.1) is 5.69 Å². The van der Waals surface area contributed by atoms with Crippen LogP contribution in [-0.4, -0.2) is 33.9 Å². The predicted octanol–water partition coefficient (Wildman–Crippen LogP) is 3.62. The number of aromatic nitrogens is 2. The van der Waals surface area contributed by atoms with E-state index in [9.17, 15) is 4.79 Å². The average molecular weight is 338 g/mol. The monoisotopic (exact) mass is 338 g/mol. The summed E-state index contributed by atoms with van der Waals surface area (Å²) in [7, 11) is 0. The van der Waals surface area contributed by atoms with Crippen molar-refractivity contribution in [2.75, 3.05) is 18.8 Å². The van der Waals surface area contributed by atoms with Crippen LogP contribution in [0.25, 0.3) is 21.8 Å². The molecule has 1 aliphatic heterocycles. The molecule has 5 nitrogen and oxygen atoms in total. The Hall–Kier alpha value is -2.60. The number of hydrogen-bond donors (Lipinski definition) is 2. The number of benzene rings is 1. The topological polar surface area (TPSA) is 75.0 Å². The summed E-state index contributed by atoms with van der Waals surface area (Å²) in [6.45, 7) is 1.70. The first kappa shape index (κ1) is 15.0. The Morgan fingerprint density at radius 2 is 1.92 bits per heavy atom. The molecule has 0 aliphatic carbocycles. The molecule has 4 rings (SSSR count). The summed E-state index contributed by atoms with van der Waals surface area (Å²) >= 11 is 1.59. The lowest BCUT2D eigenvalue weighted by Gasteiger charge is -2.13. The number of anilines is 1. The van der Waals surface area contributed by atoms with Crippen molar-refractivity contribution in [1.29, 1.82) is 0 Å². The molecule has 1 amide bonds. The Morgan fingerprint density at radius 1 is 1.17 bits per heavy atom. The summed E-state index contributed by atoms with van der Waals surface area (Å²) in [5.74, 6) is 0.0766. The molecule has 3 N–H and O–H groups in total. The molecule has 0 radical (unpaired) electrons. The number of aromatic amines is 1. The van der Waals surface area contributed by atoms with E-state index in [1.807, 2.05) is 46.8 Å². The van der Waals surface area contributed by atoms with Crippen molar-refractivity contribution in [3.8, 4) is 21.8 Å². The quantitative estimate of drug-likeness (QED) is 0.716. The number of nitrogens with two attached hydrogens (primary N) is 1. The van der Waals surface area contributed by atoms with Gasteiger partial charge in [-0.15, -0.1) is 11.3 Å². The maximum atomic E-state index is 12.4. The SMILES string of the molecule is Nc1ccc(-c2nc(-c3c[nH]c(C(=O)N4CCCC4)c3)cs2)cc1. The van der Waals surface area contributed by atoms with Gasteiger partial charge in [0.15, 0.2) is 0 Å². The van der Waals surface area contributed by atoms with E-state index in [0.717, 1.165) is 53.4 Å². The number of carbonyl (C=O) groups is 1. The van der Waals surface area contributed by atoms with Crippen LogP contribution in [0, 0.1) is 0 Å². The van der Waals surface area contributed by atoms with Gasteiger partial charge in [0.25, 0.3) is 5.91 Å². The van der Waals surface area contributed by atoms with E-state index in [2.05, 4.69) is 9.97 Å². The normalized spacial score (nSPS) is 14.2. The lowest BCUT2D eigenvalue weighted by atomic mass is 10.2. The molecular weight excluding hydrogens is 320 g/mol. The van der Waals surface area contributed by atoms with E-state index in [0.29, 0.717) is 5.69 Å². The largest absolute Gasteiger partial charge is 0.399 e. The molecule has 1 fully saturated rings. The number of thiazole rings is 1. The smallest absolute Gasteiger partial charge is 0.270 e. The molecule has 0 bridgehead atoms. The van der Waals surface area contributed by atoms with E-state index >= 15 is 0 Å². The van der Waals surface area contributed by atoms with Crippen LogP contribution in [0.5, 0.6) is 0 Å². The van der Waals surface area contributed by atoms with Crippen molar-refractivity contribution < 1.29 is 4.79 Å². The van der Waals surface area contributed by atoms with Gasteiger partial charge >= 0.3 is 0 Å². The standard InChI is InChI=1S/C18H18N4OS/c19-14-5-3-12(4-6-14)17-21-16(11-24-17)13-9-15(20-10-13)18(23)22-7-1-2-8-22/h3-6,9-11,20H,1-2,7-8,19H2. The minimum atomic E-state index is 0.0766. The van der Waals surface area contributed by atoms with Gasteiger partial charge < -0.3 is 15.6 Å². The van der Waals surface area contributed by atoms with Gasteiger partial charge in [-0.25, -0.2) is 4.98 Å². The molecule has 0 saturated carbocycles. The number of likely N-dealkylation sites (tertiary alicyclic amines) is 1. The van der Waals surface area contributed by atoms with Crippen LogP contribution in [0.15, 0.2) is 41.9 Å². The molecule has 3 heterocycles. The minimum Gasteiger partial charge on any atom is -0.399 e. The Bertz CT molecular complexity index is 859.